The molecule has 0 unspecified atom stereocenters. The Morgan fingerprint density at radius 3 is 2.94 bits per heavy atom. The van der Waals surface area contributed by atoms with Crippen LogP contribution in [0.3, 0.4) is 0 Å². The third-order valence-electron chi connectivity index (χ3n) is 2.51. The van der Waals surface area contributed by atoms with E-state index >= 15 is 0 Å². The number of aromatic nitrogens is 1. The molecule has 0 bridgehead atoms. The van der Waals surface area contributed by atoms with Crippen molar-refractivity contribution in [2.24, 2.45) is 0 Å². The molecule has 1 heterocycles. The molecule has 0 saturated heterocycles. The fourth-order valence-electron chi connectivity index (χ4n) is 1.56. The van der Waals surface area contributed by atoms with Gasteiger partial charge in [0.2, 0.25) is 5.91 Å². The number of carbonyl (C=O) groups is 1. The molecule has 1 rings (SSSR count). The first-order chi connectivity index (χ1) is 8.27. The first-order valence-corrected chi connectivity index (χ1v) is 6.06. The molecule has 1 N–H and O–H groups in total. The van der Waals surface area contributed by atoms with Crippen molar-refractivity contribution in [1.29, 1.82) is 0 Å². The minimum absolute atomic E-state index is 0.00176. The van der Waals surface area contributed by atoms with E-state index in [-0.39, 0.29) is 5.91 Å². The van der Waals surface area contributed by atoms with Gasteiger partial charge in [-0.3, -0.25) is 4.79 Å². The second-order valence-corrected chi connectivity index (χ2v) is 3.91. The van der Waals surface area contributed by atoms with E-state index in [0.29, 0.717) is 18.0 Å². The molecule has 0 fully saturated rings. The van der Waals surface area contributed by atoms with Crippen LogP contribution >= 0.6 is 0 Å². The maximum Gasteiger partial charge on any atom is 0.225 e. The smallest absolute Gasteiger partial charge is 0.225 e. The Kier molecular flexibility index (Phi) is 6.07. The van der Waals surface area contributed by atoms with Crippen LogP contribution in [0.4, 0.5) is 5.82 Å². The molecule has 4 heteroatoms. The van der Waals surface area contributed by atoms with Crippen LogP contribution in [0.5, 0.6) is 5.75 Å². The highest BCUT2D eigenvalue weighted by atomic mass is 16.5. The van der Waals surface area contributed by atoms with Crippen LogP contribution in [-0.2, 0) is 4.79 Å². The second-order valence-electron chi connectivity index (χ2n) is 3.91. The number of rotatable bonds is 7. The highest BCUT2D eigenvalue weighted by Gasteiger charge is 2.07. The Hall–Kier alpha value is -1.58. The number of hydrogen-bond donors (Lipinski definition) is 1. The van der Waals surface area contributed by atoms with Crippen molar-refractivity contribution in [3.8, 4) is 5.75 Å². The standard InChI is InChI=1S/C13H20N2O2/c1-3-4-5-6-9-12(16)15-13-11(17-2)8-7-10-14-13/h7-8,10H,3-6,9H2,1-2H3,(H,14,15,16). The summed E-state index contributed by atoms with van der Waals surface area (Å²) in [4.78, 5) is 15.7. The van der Waals surface area contributed by atoms with E-state index in [0.717, 1.165) is 12.8 Å². The number of hydrogen-bond acceptors (Lipinski definition) is 3. The molecule has 1 aromatic rings. The highest BCUT2D eigenvalue weighted by molar-refractivity contribution is 5.90. The van der Waals surface area contributed by atoms with Gasteiger partial charge in [0.1, 0.15) is 0 Å². The van der Waals surface area contributed by atoms with Crippen molar-refractivity contribution in [3.05, 3.63) is 18.3 Å². The number of methoxy groups -OCH3 is 1. The van der Waals surface area contributed by atoms with Crippen LogP contribution in [0.2, 0.25) is 0 Å². The van der Waals surface area contributed by atoms with Gasteiger partial charge in [0.05, 0.1) is 7.11 Å². The minimum Gasteiger partial charge on any atom is -0.493 e. The maximum absolute atomic E-state index is 11.6. The Balaban J connectivity index is 2.39. The summed E-state index contributed by atoms with van der Waals surface area (Å²) in [5.41, 5.74) is 0. The van der Waals surface area contributed by atoms with Gasteiger partial charge in [-0.15, -0.1) is 0 Å². The number of carbonyl (C=O) groups excluding carboxylic acids is 1. The molecule has 0 aromatic carbocycles. The van der Waals surface area contributed by atoms with Gasteiger partial charge in [-0.25, -0.2) is 4.98 Å². The number of anilines is 1. The quantitative estimate of drug-likeness (QED) is 0.740. The molecule has 0 aliphatic rings. The van der Waals surface area contributed by atoms with Gasteiger partial charge in [-0.2, -0.15) is 0 Å². The van der Waals surface area contributed by atoms with Gasteiger partial charge >= 0.3 is 0 Å². The van der Waals surface area contributed by atoms with Crippen LogP contribution in [0, 0.1) is 0 Å². The van der Waals surface area contributed by atoms with E-state index < -0.39 is 0 Å². The molecule has 1 aromatic heterocycles. The van der Waals surface area contributed by atoms with Crippen molar-refractivity contribution >= 4 is 11.7 Å². The summed E-state index contributed by atoms with van der Waals surface area (Å²) in [6.07, 6.45) is 6.56. The summed E-state index contributed by atoms with van der Waals surface area (Å²) in [6, 6.07) is 3.55. The summed E-state index contributed by atoms with van der Waals surface area (Å²) in [5.74, 6) is 1.09. The van der Waals surface area contributed by atoms with Crippen LogP contribution < -0.4 is 10.1 Å². The summed E-state index contributed by atoms with van der Waals surface area (Å²) in [6.45, 7) is 2.15. The Labute approximate surface area is 102 Å². The lowest BCUT2D eigenvalue weighted by atomic mass is 10.1. The minimum atomic E-state index is -0.00176. The maximum atomic E-state index is 11.6. The van der Waals surface area contributed by atoms with Crippen LogP contribution in [0.1, 0.15) is 39.0 Å². The largest absolute Gasteiger partial charge is 0.493 e. The molecule has 0 atom stereocenters. The fourth-order valence-corrected chi connectivity index (χ4v) is 1.56. The highest BCUT2D eigenvalue weighted by Crippen LogP contribution is 2.20. The molecule has 17 heavy (non-hydrogen) atoms. The SMILES string of the molecule is CCCCCCC(=O)Nc1ncccc1OC. The number of amides is 1. The van der Waals surface area contributed by atoms with E-state index in [1.807, 2.05) is 0 Å². The lowest BCUT2D eigenvalue weighted by Gasteiger charge is -2.08. The van der Waals surface area contributed by atoms with Gasteiger partial charge in [0.25, 0.3) is 0 Å². The molecule has 1 amide bonds. The number of ether oxygens (including phenoxy) is 1. The first-order valence-electron chi connectivity index (χ1n) is 6.06. The van der Waals surface area contributed by atoms with Crippen LogP contribution in [0.15, 0.2) is 18.3 Å². The predicted octanol–water partition coefficient (Wildman–Crippen LogP) is 3.00. The van der Waals surface area contributed by atoms with E-state index in [2.05, 4.69) is 17.2 Å². The molecule has 4 nitrogen and oxygen atoms in total. The Bertz CT molecular complexity index is 353. The number of nitrogens with zero attached hydrogens (tertiary/aromatic N) is 1. The van der Waals surface area contributed by atoms with E-state index in [1.54, 1.807) is 25.4 Å². The zero-order chi connectivity index (χ0) is 12.5. The average Bonchev–Trinajstić information content (AvgIpc) is 2.35. The monoisotopic (exact) mass is 236 g/mol. The molecule has 0 radical (unpaired) electrons. The Morgan fingerprint density at radius 1 is 1.41 bits per heavy atom. The molecular formula is C13H20N2O2. The van der Waals surface area contributed by atoms with Crippen molar-refractivity contribution < 1.29 is 9.53 Å². The van der Waals surface area contributed by atoms with Gasteiger partial charge in [0, 0.05) is 12.6 Å². The van der Waals surface area contributed by atoms with Crippen molar-refractivity contribution in [3.63, 3.8) is 0 Å². The first kappa shape index (κ1) is 13.5. The summed E-state index contributed by atoms with van der Waals surface area (Å²) in [7, 11) is 1.56. The zero-order valence-electron chi connectivity index (χ0n) is 10.5. The van der Waals surface area contributed by atoms with Crippen molar-refractivity contribution in [1.82, 2.24) is 4.98 Å². The zero-order valence-corrected chi connectivity index (χ0v) is 10.5. The number of unbranched alkanes of at least 4 members (excludes halogenated alkanes) is 3. The van der Waals surface area contributed by atoms with E-state index in [9.17, 15) is 4.79 Å². The number of pyridine rings is 1. The van der Waals surface area contributed by atoms with Gasteiger partial charge < -0.3 is 10.1 Å². The predicted molar refractivity (Wildman–Crippen MR) is 68.2 cm³/mol. The third kappa shape index (κ3) is 4.85. The van der Waals surface area contributed by atoms with Gasteiger partial charge in [-0.1, -0.05) is 26.2 Å². The molecule has 0 spiro atoms. The topological polar surface area (TPSA) is 51.2 Å². The molecule has 94 valence electrons. The second kappa shape index (κ2) is 7.65. The van der Waals surface area contributed by atoms with Gasteiger partial charge in [0.15, 0.2) is 11.6 Å². The molecule has 0 saturated carbocycles. The molecule has 0 aliphatic carbocycles. The lowest BCUT2D eigenvalue weighted by molar-refractivity contribution is -0.116. The van der Waals surface area contributed by atoms with E-state index in [1.165, 1.54) is 12.8 Å². The van der Waals surface area contributed by atoms with Crippen molar-refractivity contribution in [2.75, 3.05) is 12.4 Å². The lowest BCUT2D eigenvalue weighted by Crippen LogP contribution is -2.13. The fraction of sp³-hybridized carbons (Fsp3) is 0.538. The van der Waals surface area contributed by atoms with E-state index in [4.69, 9.17) is 4.74 Å². The van der Waals surface area contributed by atoms with Crippen LogP contribution in [0.25, 0.3) is 0 Å². The Morgan fingerprint density at radius 2 is 2.24 bits per heavy atom. The summed E-state index contributed by atoms with van der Waals surface area (Å²) >= 11 is 0. The van der Waals surface area contributed by atoms with Gasteiger partial charge in [-0.05, 0) is 18.6 Å². The molecule has 0 aliphatic heterocycles. The summed E-state index contributed by atoms with van der Waals surface area (Å²) in [5, 5.41) is 2.76. The summed E-state index contributed by atoms with van der Waals surface area (Å²) < 4.78 is 5.11. The average molecular weight is 236 g/mol. The van der Waals surface area contributed by atoms with Crippen LogP contribution in [-0.4, -0.2) is 18.0 Å². The number of nitrogens with one attached hydrogen (secondary N) is 1. The normalized spacial score (nSPS) is 10.0. The third-order valence-corrected chi connectivity index (χ3v) is 2.51. The van der Waals surface area contributed by atoms with Crippen molar-refractivity contribution in [2.45, 2.75) is 39.0 Å². The molecular weight excluding hydrogens is 216 g/mol.